The minimum Gasteiger partial charge on any atom is -0.305 e. The van der Waals surface area contributed by atoms with Crippen molar-refractivity contribution in [3.8, 4) is 0 Å². The molecule has 3 aliphatic rings. The van der Waals surface area contributed by atoms with Crippen molar-refractivity contribution in [3.05, 3.63) is 53.0 Å². The molecule has 2 bridgehead atoms. The Morgan fingerprint density at radius 1 is 1.00 bits per heavy atom. The lowest BCUT2D eigenvalue weighted by Gasteiger charge is -2.22. The quantitative estimate of drug-likeness (QED) is 0.568. The highest BCUT2D eigenvalue weighted by Crippen LogP contribution is 2.44. The van der Waals surface area contributed by atoms with Gasteiger partial charge in [-0.25, -0.2) is 9.69 Å². The fraction of sp³-hybridized carbons (Fsp3) is 0.222. The topological polar surface area (TPSA) is 40.6 Å². The zero-order valence-electron chi connectivity index (χ0n) is 12.1. The smallest absolute Gasteiger partial charge is 0.305 e. The summed E-state index contributed by atoms with van der Waals surface area (Å²) in [4.78, 5) is 29.0. The third-order valence-corrected chi connectivity index (χ3v) is 5.82. The summed E-state index contributed by atoms with van der Waals surface area (Å²) < 4.78 is 0.957. The monoisotopic (exact) mass is 368 g/mol. The molecule has 2 fully saturated rings. The van der Waals surface area contributed by atoms with Gasteiger partial charge in [0.25, 0.3) is 5.91 Å². The SMILES string of the molecule is O=C1[C@@H]2C3C=CC(C3)N2C(=O)N1c1ccc(Br)c2ccccc12. The van der Waals surface area contributed by atoms with Gasteiger partial charge in [-0.1, -0.05) is 52.3 Å². The predicted octanol–water partition coefficient (Wildman–Crippen LogP) is 3.70. The fourth-order valence-electron chi connectivity index (χ4n) is 4.13. The lowest BCUT2D eigenvalue weighted by atomic mass is 10.0. The number of hydrogen-bond donors (Lipinski definition) is 0. The van der Waals surface area contributed by atoms with Gasteiger partial charge in [0.15, 0.2) is 0 Å². The average Bonchev–Trinajstić information content (AvgIpc) is 3.24. The van der Waals surface area contributed by atoms with Gasteiger partial charge in [0.2, 0.25) is 0 Å². The molecular weight excluding hydrogens is 356 g/mol. The summed E-state index contributed by atoms with van der Waals surface area (Å²) in [6.07, 6.45) is 5.02. The number of imide groups is 1. The number of benzene rings is 2. The van der Waals surface area contributed by atoms with E-state index in [4.69, 9.17) is 0 Å². The van der Waals surface area contributed by atoms with Crippen LogP contribution in [0.15, 0.2) is 53.0 Å². The molecule has 2 heterocycles. The van der Waals surface area contributed by atoms with Crippen molar-refractivity contribution in [1.82, 2.24) is 4.90 Å². The van der Waals surface area contributed by atoms with E-state index >= 15 is 0 Å². The third-order valence-electron chi connectivity index (χ3n) is 5.13. The molecule has 2 aromatic carbocycles. The van der Waals surface area contributed by atoms with Crippen LogP contribution in [0.4, 0.5) is 10.5 Å². The summed E-state index contributed by atoms with van der Waals surface area (Å²) in [6, 6.07) is 11.1. The molecule has 2 saturated heterocycles. The van der Waals surface area contributed by atoms with Crippen molar-refractivity contribution in [2.45, 2.75) is 18.5 Å². The Hall–Kier alpha value is -2.14. The molecule has 4 nitrogen and oxygen atoms in total. The van der Waals surface area contributed by atoms with E-state index in [9.17, 15) is 9.59 Å². The lowest BCUT2D eigenvalue weighted by molar-refractivity contribution is -0.119. The molecule has 0 radical (unpaired) electrons. The minimum atomic E-state index is -0.320. The van der Waals surface area contributed by atoms with Crippen LogP contribution in [-0.4, -0.2) is 28.9 Å². The van der Waals surface area contributed by atoms with E-state index in [0.29, 0.717) is 5.69 Å². The molecule has 3 amide bonds. The first-order valence-electron chi connectivity index (χ1n) is 7.68. The molecule has 3 atom stereocenters. The van der Waals surface area contributed by atoms with E-state index in [1.807, 2.05) is 36.4 Å². The second kappa shape index (κ2) is 4.45. The highest BCUT2D eigenvalue weighted by Gasteiger charge is 2.57. The molecule has 2 aromatic rings. The summed E-state index contributed by atoms with van der Waals surface area (Å²) in [5, 5.41) is 1.91. The number of urea groups is 1. The van der Waals surface area contributed by atoms with Crippen LogP contribution in [0.5, 0.6) is 0 Å². The number of carbonyl (C=O) groups excluding carboxylic acids is 2. The van der Waals surface area contributed by atoms with Crippen LogP contribution in [0.3, 0.4) is 0 Å². The molecule has 114 valence electrons. The van der Waals surface area contributed by atoms with E-state index in [0.717, 1.165) is 21.7 Å². The molecule has 5 rings (SSSR count). The second-order valence-electron chi connectivity index (χ2n) is 6.27. The van der Waals surface area contributed by atoms with Crippen LogP contribution >= 0.6 is 15.9 Å². The summed E-state index contributed by atoms with van der Waals surface area (Å²) in [5.41, 5.74) is 0.674. The summed E-state index contributed by atoms with van der Waals surface area (Å²) in [5.74, 6) is 0.0717. The van der Waals surface area contributed by atoms with Gasteiger partial charge in [-0.05, 0) is 23.9 Å². The maximum absolute atomic E-state index is 12.9. The Bertz CT molecular complexity index is 877. The number of anilines is 1. The first-order chi connectivity index (χ1) is 11.2. The Labute approximate surface area is 141 Å². The normalized spacial score (nSPS) is 28.3. The largest absolute Gasteiger partial charge is 0.332 e. The zero-order chi connectivity index (χ0) is 15.7. The summed E-state index contributed by atoms with van der Waals surface area (Å²) in [7, 11) is 0. The first-order valence-corrected chi connectivity index (χ1v) is 8.48. The number of rotatable bonds is 1. The van der Waals surface area contributed by atoms with E-state index in [2.05, 4.69) is 28.1 Å². The van der Waals surface area contributed by atoms with Gasteiger partial charge in [0.1, 0.15) is 6.04 Å². The number of hydrogen-bond acceptors (Lipinski definition) is 2. The number of halogens is 1. The van der Waals surface area contributed by atoms with Crippen LogP contribution in [0, 0.1) is 5.92 Å². The average molecular weight is 369 g/mol. The summed E-state index contributed by atoms with van der Waals surface area (Å²) in [6.45, 7) is 0. The van der Waals surface area contributed by atoms with E-state index in [-0.39, 0.29) is 29.9 Å². The van der Waals surface area contributed by atoms with Gasteiger partial charge in [0.05, 0.1) is 11.7 Å². The molecule has 2 unspecified atom stereocenters. The van der Waals surface area contributed by atoms with Crippen LogP contribution in [-0.2, 0) is 4.79 Å². The van der Waals surface area contributed by atoms with Crippen molar-refractivity contribution in [2.24, 2.45) is 5.92 Å². The minimum absolute atomic E-state index is 0.0770. The summed E-state index contributed by atoms with van der Waals surface area (Å²) >= 11 is 3.54. The Balaban J connectivity index is 1.68. The van der Waals surface area contributed by atoms with Crippen LogP contribution in [0.25, 0.3) is 10.8 Å². The van der Waals surface area contributed by atoms with Crippen molar-refractivity contribution in [2.75, 3.05) is 4.90 Å². The molecule has 5 heteroatoms. The second-order valence-corrected chi connectivity index (χ2v) is 7.13. The molecule has 1 aliphatic carbocycles. The molecular formula is C18H13BrN2O2. The molecule has 0 N–H and O–H groups in total. The maximum Gasteiger partial charge on any atom is 0.332 e. The zero-order valence-corrected chi connectivity index (χ0v) is 13.7. The number of nitrogens with zero attached hydrogens (tertiary/aromatic N) is 2. The molecule has 0 spiro atoms. The molecule has 0 saturated carbocycles. The molecule has 0 aromatic heterocycles. The highest BCUT2D eigenvalue weighted by molar-refractivity contribution is 9.10. The maximum atomic E-state index is 12.9. The van der Waals surface area contributed by atoms with Gasteiger partial charge >= 0.3 is 6.03 Å². The van der Waals surface area contributed by atoms with Crippen molar-refractivity contribution < 1.29 is 9.59 Å². The standard InChI is InChI=1S/C18H13BrN2O2/c19-14-7-8-15(13-4-2-1-3-12(13)14)21-17(22)16-10-5-6-11(9-10)20(16)18(21)23/h1-8,10-11,16H,9H2/t10?,11?,16-/m0/s1. The lowest BCUT2D eigenvalue weighted by Crippen LogP contribution is -2.38. The van der Waals surface area contributed by atoms with E-state index < -0.39 is 0 Å². The van der Waals surface area contributed by atoms with Crippen molar-refractivity contribution in [1.29, 1.82) is 0 Å². The van der Waals surface area contributed by atoms with Gasteiger partial charge in [-0.2, -0.15) is 0 Å². The Morgan fingerprint density at radius 3 is 2.57 bits per heavy atom. The molecule has 23 heavy (non-hydrogen) atoms. The van der Waals surface area contributed by atoms with E-state index in [1.165, 1.54) is 4.90 Å². The predicted molar refractivity (Wildman–Crippen MR) is 91.2 cm³/mol. The van der Waals surface area contributed by atoms with Crippen LogP contribution < -0.4 is 4.90 Å². The fourth-order valence-corrected chi connectivity index (χ4v) is 4.61. The van der Waals surface area contributed by atoms with Crippen molar-refractivity contribution >= 4 is 44.3 Å². The third kappa shape index (κ3) is 1.60. The van der Waals surface area contributed by atoms with Gasteiger partial charge in [-0.15, -0.1) is 0 Å². The van der Waals surface area contributed by atoms with Gasteiger partial charge in [0, 0.05) is 15.8 Å². The number of carbonyl (C=O) groups is 2. The first kappa shape index (κ1) is 13.3. The Morgan fingerprint density at radius 2 is 1.78 bits per heavy atom. The van der Waals surface area contributed by atoms with Crippen LogP contribution in [0.1, 0.15) is 6.42 Å². The molecule has 2 aliphatic heterocycles. The number of amides is 3. The Kier molecular flexibility index (Phi) is 2.57. The van der Waals surface area contributed by atoms with E-state index in [1.54, 1.807) is 4.90 Å². The van der Waals surface area contributed by atoms with Crippen LogP contribution in [0.2, 0.25) is 0 Å². The van der Waals surface area contributed by atoms with Gasteiger partial charge in [-0.3, -0.25) is 4.79 Å². The van der Waals surface area contributed by atoms with Crippen molar-refractivity contribution in [3.63, 3.8) is 0 Å². The number of fused-ring (bicyclic) bond motifs is 6. The highest BCUT2D eigenvalue weighted by atomic mass is 79.9. The van der Waals surface area contributed by atoms with Gasteiger partial charge < -0.3 is 4.90 Å².